The third-order valence-corrected chi connectivity index (χ3v) is 8.04. The molecule has 9 nitrogen and oxygen atoms in total. The van der Waals surface area contributed by atoms with E-state index in [0.717, 1.165) is 17.5 Å². The van der Waals surface area contributed by atoms with Gasteiger partial charge < -0.3 is 19.4 Å². The first-order valence-corrected chi connectivity index (χ1v) is 16.3. The Morgan fingerprint density at radius 3 is 2.26 bits per heavy atom. The number of carbonyl (C=O) groups excluding carboxylic acids is 4. The number of hydrogen-bond donors (Lipinski definition) is 1. The van der Waals surface area contributed by atoms with Crippen LogP contribution in [-0.4, -0.2) is 49.9 Å². The Labute approximate surface area is 257 Å². The van der Waals surface area contributed by atoms with Crippen LogP contribution in [0.2, 0.25) is 0 Å². The molecule has 0 fully saturated rings. The highest BCUT2D eigenvalue weighted by Gasteiger charge is 2.33. The van der Waals surface area contributed by atoms with Gasteiger partial charge in [-0.2, -0.15) is 0 Å². The number of hydrogen-bond acceptors (Lipinski definition) is 8. The summed E-state index contributed by atoms with van der Waals surface area (Å²) in [6.07, 6.45) is 4.44. The smallest absolute Gasteiger partial charge is 0.381 e. The van der Waals surface area contributed by atoms with E-state index in [1.54, 1.807) is 39.0 Å². The average Bonchev–Trinajstić information content (AvgIpc) is 2.95. The number of nitrogens with one attached hydrogen (secondary N) is 1. The molecule has 2 atom stereocenters. The minimum Gasteiger partial charge on any atom is -0.464 e. The third kappa shape index (κ3) is 14.6. The Morgan fingerprint density at radius 2 is 1.72 bits per heavy atom. The first-order chi connectivity index (χ1) is 20.3. The average molecular weight is 620 g/mol. The number of Topliss-reactive ketones (excluding diaryl/α,β-unsaturated/α-hetero) is 1. The van der Waals surface area contributed by atoms with Crippen molar-refractivity contribution in [2.45, 2.75) is 86.7 Å². The van der Waals surface area contributed by atoms with Crippen LogP contribution >= 0.6 is 7.60 Å². The first kappa shape index (κ1) is 39.7. The van der Waals surface area contributed by atoms with Crippen LogP contribution in [0.15, 0.2) is 54.3 Å². The van der Waals surface area contributed by atoms with E-state index in [0.29, 0.717) is 17.1 Å². The largest absolute Gasteiger partial charge is 0.464 e. The van der Waals surface area contributed by atoms with Gasteiger partial charge in [-0.15, -0.1) is 0 Å². The molecule has 1 rings (SSSR count). The van der Waals surface area contributed by atoms with Gasteiger partial charge >= 0.3 is 13.6 Å². The predicted octanol–water partition coefficient (Wildman–Crippen LogP) is 7.12. The van der Waals surface area contributed by atoms with Crippen molar-refractivity contribution in [3.8, 4) is 0 Å². The van der Waals surface area contributed by atoms with Crippen molar-refractivity contribution in [2.24, 2.45) is 5.92 Å². The molecule has 1 unspecified atom stereocenters. The van der Waals surface area contributed by atoms with Crippen LogP contribution in [0.1, 0.15) is 95.6 Å². The lowest BCUT2D eigenvalue weighted by molar-refractivity contribution is -0.150. The summed E-state index contributed by atoms with van der Waals surface area (Å²) in [4.78, 5) is 45.9. The fraction of sp³-hybridized carbons (Fsp3) is 0.515. The van der Waals surface area contributed by atoms with Crippen molar-refractivity contribution >= 4 is 32.0 Å². The van der Waals surface area contributed by atoms with Crippen LogP contribution in [0, 0.1) is 5.92 Å². The monoisotopic (exact) mass is 619 g/mol. The van der Waals surface area contributed by atoms with Crippen molar-refractivity contribution in [1.29, 1.82) is 0 Å². The second-order valence-electron chi connectivity index (χ2n) is 10.6. The van der Waals surface area contributed by atoms with Gasteiger partial charge in [-0.25, -0.2) is 9.36 Å². The molecule has 0 aliphatic rings. The fourth-order valence-corrected chi connectivity index (χ4v) is 5.73. The van der Waals surface area contributed by atoms with Crippen LogP contribution in [0.25, 0.3) is 0 Å². The molecular weight excluding hydrogens is 569 g/mol. The molecule has 43 heavy (non-hydrogen) atoms. The lowest BCUT2D eigenvalue weighted by Crippen LogP contribution is -2.29. The Balaban J connectivity index is 0.00000862. The summed E-state index contributed by atoms with van der Waals surface area (Å²) in [6.45, 7) is 20.8. The van der Waals surface area contributed by atoms with Gasteiger partial charge in [0.2, 0.25) is 5.91 Å². The van der Waals surface area contributed by atoms with Crippen LogP contribution in [0.4, 0.5) is 0 Å². The van der Waals surface area contributed by atoms with Crippen molar-refractivity contribution in [2.75, 3.05) is 19.3 Å². The molecule has 0 bridgehead atoms. The predicted molar refractivity (Wildman–Crippen MR) is 171 cm³/mol. The van der Waals surface area contributed by atoms with Crippen LogP contribution < -0.4 is 5.32 Å². The van der Waals surface area contributed by atoms with Crippen molar-refractivity contribution in [3.05, 3.63) is 71.0 Å². The summed E-state index contributed by atoms with van der Waals surface area (Å²) in [5, 5.41) is 2.70. The Bertz CT molecular complexity index is 1190. The van der Waals surface area contributed by atoms with Gasteiger partial charge in [-0.1, -0.05) is 58.6 Å². The standard InChI is InChI=1S/C32H48NO7P.CH2O/c1-10-13-30(24(8)11-2)40-41(37,39-25(9)32(36)38-12-3)19-18-33-31(35)17-16-29(34)28-21-26(20-22(4)5)14-15-27(28)23(6)7;1-2/h10-11,13-15,21-23,25H,2,12,16-20H2,1,3-9H3,(H,33,35);1H2/b13-10-,30-24+;/t25-,41?;/m1./s1. The molecule has 0 saturated carbocycles. The summed E-state index contributed by atoms with van der Waals surface area (Å²) in [5.74, 6) is -0.208. The number of benzene rings is 1. The molecule has 1 aromatic rings. The molecule has 0 heterocycles. The lowest BCUT2D eigenvalue weighted by Gasteiger charge is -2.23. The molecular formula is C33H50NO8P. The van der Waals surface area contributed by atoms with Crippen molar-refractivity contribution < 1.29 is 37.5 Å². The Hall–Kier alpha value is -3.29. The molecule has 1 amide bonds. The SMILES string of the molecule is C=C/C(C)=C(\C=C/C)OP(=O)(CCNC(=O)CCC(=O)c1cc(CC(C)C)ccc1C(C)C)O[C@H](C)C(=O)OCC.C=O. The zero-order valence-electron chi connectivity index (χ0n) is 27.1. The molecule has 0 aliphatic heterocycles. The normalized spacial score (nSPS) is 13.8. The van der Waals surface area contributed by atoms with Gasteiger partial charge in [-0.05, 0) is 74.8 Å². The molecule has 0 radical (unpaired) electrons. The number of esters is 1. The van der Waals surface area contributed by atoms with E-state index in [4.69, 9.17) is 18.6 Å². The second-order valence-corrected chi connectivity index (χ2v) is 12.7. The number of carbonyl (C=O) groups is 4. The maximum absolute atomic E-state index is 13.7. The van der Waals surface area contributed by atoms with E-state index in [1.165, 1.54) is 6.92 Å². The Kier molecular flexibility index (Phi) is 19.0. The molecule has 10 heteroatoms. The molecule has 0 aliphatic carbocycles. The van der Waals surface area contributed by atoms with E-state index in [1.807, 2.05) is 32.8 Å². The lowest BCUT2D eigenvalue weighted by atomic mass is 9.90. The van der Waals surface area contributed by atoms with E-state index in [2.05, 4.69) is 31.8 Å². The van der Waals surface area contributed by atoms with Crippen molar-refractivity contribution in [1.82, 2.24) is 5.32 Å². The summed E-state index contributed by atoms with van der Waals surface area (Å²) < 4.78 is 30.1. The number of ketones is 1. The molecule has 0 spiro atoms. The number of allylic oxidation sites excluding steroid dienone is 4. The maximum Gasteiger partial charge on any atom is 0.381 e. The first-order valence-electron chi connectivity index (χ1n) is 14.6. The highest BCUT2D eigenvalue weighted by molar-refractivity contribution is 7.54. The molecule has 0 saturated heterocycles. The minimum atomic E-state index is -3.92. The quantitative estimate of drug-likeness (QED) is 0.0606. The van der Waals surface area contributed by atoms with E-state index in [-0.39, 0.29) is 55.5 Å². The summed E-state index contributed by atoms with van der Waals surface area (Å²) >= 11 is 0. The van der Waals surface area contributed by atoms with Gasteiger partial charge in [0.25, 0.3) is 0 Å². The fourth-order valence-electron chi connectivity index (χ4n) is 4.03. The molecule has 240 valence electrons. The summed E-state index contributed by atoms with van der Waals surface area (Å²) in [7, 11) is -3.92. The van der Waals surface area contributed by atoms with Gasteiger partial charge in [0.15, 0.2) is 11.9 Å². The third-order valence-electron chi connectivity index (χ3n) is 6.16. The topological polar surface area (TPSA) is 125 Å². The van der Waals surface area contributed by atoms with Gasteiger partial charge in [-0.3, -0.25) is 14.1 Å². The highest BCUT2D eigenvalue weighted by Crippen LogP contribution is 2.51. The zero-order chi connectivity index (χ0) is 33.2. The number of rotatable bonds is 18. The number of ether oxygens (including phenoxy) is 1. The van der Waals surface area contributed by atoms with E-state index < -0.39 is 19.7 Å². The molecule has 1 aromatic carbocycles. The van der Waals surface area contributed by atoms with E-state index >= 15 is 0 Å². The summed E-state index contributed by atoms with van der Waals surface area (Å²) in [5.41, 5.74) is 3.35. The van der Waals surface area contributed by atoms with Crippen LogP contribution in [0.5, 0.6) is 0 Å². The van der Waals surface area contributed by atoms with E-state index in [9.17, 15) is 18.9 Å². The van der Waals surface area contributed by atoms with Gasteiger partial charge in [0.1, 0.15) is 12.5 Å². The van der Waals surface area contributed by atoms with Crippen LogP contribution in [0.3, 0.4) is 0 Å². The van der Waals surface area contributed by atoms with Crippen molar-refractivity contribution in [3.63, 3.8) is 0 Å². The number of amides is 1. The maximum atomic E-state index is 13.7. The minimum absolute atomic E-state index is 0.0185. The zero-order valence-corrected chi connectivity index (χ0v) is 28.0. The molecule has 0 aromatic heterocycles. The van der Waals surface area contributed by atoms with Gasteiger partial charge in [0.05, 0.1) is 12.8 Å². The molecule has 1 N–H and O–H groups in total. The van der Waals surface area contributed by atoms with Crippen LogP contribution in [-0.2, 0) is 39.2 Å². The highest BCUT2D eigenvalue weighted by atomic mass is 31.2. The summed E-state index contributed by atoms with van der Waals surface area (Å²) in [6, 6.07) is 6.03. The van der Waals surface area contributed by atoms with Gasteiger partial charge in [0, 0.05) is 24.9 Å². The second kappa shape index (κ2) is 20.6. The Morgan fingerprint density at radius 1 is 1.07 bits per heavy atom.